The lowest BCUT2D eigenvalue weighted by molar-refractivity contribution is -0.135. The van der Waals surface area contributed by atoms with E-state index in [0.717, 1.165) is 0 Å². The molecule has 0 unspecified atom stereocenters. The van der Waals surface area contributed by atoms with E-state index in [4.69, 9.17) is 0 Å². The molecule has 0 radical (unpaired) electrons. The molecule has 1 aromatic heterocycles. The lowest BCUT2D eigenvalue weighted by Crippen LogP contribution is -2.41. The SMILES string of the molecule is O=C1CCN(C(=O)Cn2c(=O)cnc3ccccc32)CC1. The fourth-order valence-electron chi connectivity index (χ4n) is 2.52. The van der Waals surface area contributed by atoms with E-state index in [9.17, 15) is 14.4 Å². The number of aromatic nitrogens is 2. The number of ketones is 1. The first-order valence-electron chi connectivity index (χ1n) is 6.89. The van der Waals surface area contributed by atoms with Crippen LogP contribution in [0.25, 0.3) is 11.0 Å². The molecule has 6 heteroatoms. The van der Waals surface area contributed by atoms with Crippen LogP contribution in [-0.2, 0) is 16.1 Å². The van der Waals surface area contributed by atoms with Crippen LogP contribution in [0.1, 0.15) is 12.8 Å². The molecule has 1 saturated heterocycles. The summed E-state index contributed by atoms with van der Waals surface area (Å²) in [7, 11) is 0. The number of benzene rings is 1. The lowest BCUT2D eigenvalue weighted by Gasteiger charge is -2.26. The smallest absolute Gasteiger partial charge is 0.269 e. The van der Waals surface area contributed by atoms with E-state index in [1.807, 2.05) is 12.1 Å². The number of hydrogen-bond acceptors (Lipinski definition) is 4. The van der Waals surface area contributed by atoms with Gasteiger partial charge in [-0.25, -0.2) is 4.98 Å². The van der Waals surface area contributed by atoms with Crippen LogP contribution in [0.2, 0.25) is 0 Å². The van der Waals surface area contributed by atoms with Gasteiger partial charge in [0.1, 0.15) is 12.3 Å². The molecule has 0 aliphatic carbocycles. The summed E-state index contributed by atoms with van der Waals surface area (Å²) in [5.41, 5.74) is 1.03. The minimum Gasteiger partial charge on any atom is -0.340 e. The van der Waals surface area contributed by atoms with Crippen molar-refractivity contribution in [2.45, 2.75) is 19.4 Å². The predicted molar refractivity (Wildman–Crippen MR) is 76.8 cm³/mol. The van der Waals surface area contributed by atoms with Crippen LogP contribution in [0, 0.1) is 0 Å². The number of carbonyl (C=O) groups is 2. The molecule has 108 valence electrons. The van der Waals surface area contributed by atoms with Crippen molar-refractivity contribution in [3.63, 3.8) is 0 Å². The summed E-state index contributed by atoms with van der Waals surface area (Å²) in [5.74, 6) is 0.0477. The average molecular weight is 285 g/mol. The van der Waals surface area contributed by atoms with Gasteiger partial charge in [-0.1, -0.05) is 12.1 Å². The van der Waals surface area contributed by atoms with Gasteiger partial charge in [0.25, 0.3) is 5.56 Å². The zero-order chi connectivity index (χ0) is 14.8. The first-order chi connectivity index (χ1) is 10.1. The summed E-state index contributed by atoms with van der Waals surface area (Å²) in [6.45, 7) is 0.862. The number of rotatable bonds is 2. The second kappa shape index (κ2) is 5.47. The van der Waals surface area contributed by atoms with Crippen LogP contribution >= 0.6 is 0 Å². The highest BCUT2D eigenvalue weighted by molar-refractivity contribution is 5.84. The number of carbonyl (C=O) groups excluding carboxylic acids is 2. The molecule has 2 heterocycles. The second-order valence-electron chi connectivity index (χ2n) is 5.09. The molecule has 0 N–H and O–H groups in total. The predicted octanol–water partition coefficient (Wildman–Crippen LogP) is 0.588. The van der Waals surface area contributed by atoms with E-state index < -0.39 is 0 Å². The number of fused-ring (bicyclic) bond motifs is 1. The zero-order valence-corrected chi connectivity index (χ0v) is 11.5. The monoisotopic (exact) mass is 285 g/mol. The normalized spacial score (nSPS) is 15.4. The maximum Gasteiger partial charge on any atom is 0.269 e. The van der Waals surface area contributed by atoms with Crippen LogP contribution in [0.15, 0.2) is 35.3 Å². The molecule has 2 aromatic rings. The maximum atomic E-state index is 12.3. The van der Waals surface area contributed by atoms with Gasteiger partial charge in [0.05, 0.1) is 17.2 Å². The molecule has 1 aliphatic rings. The van der Waals surface area contributed by atoms with E-state index >= 15 is 0 Å². The van der Waals surface area contributed by atoms with Crippen LogP contribution in [0.5, 0.6) is 0 Å². The summed E-state index contributed by atoms with van der Waals surface area (Å²) in [6, 6.07) is 7.22. The first kappa shape index (κ1) is 13.5. The van der Waals surface area contributed by atoms with Crippen molar-refractivity contribution in [1.29, 1.82) is 0 Å². The molecule has 1 fully saturated rings. The molecule has 21 heavy (non-hydrogen) atoms. The van der Waals surface area contributed by atoms with Crippen molar-refractivity contribution in [2.75, 3.05) is 13.1 Å². The van der Waals surface area contributed by atoms with Gasteiger partial charge >= 0.3 is 0 Å². The second-order valence-corrected chi connectivity index (χ2v) is 5.09. The first-order valence-corrected chi connectivity index (χ1v) is 6.89. The van der Waals surface area contributed by atoms with Gasteiger partial charge in [-0.2, -0.15) is 0 Å². The molecule has 6 nitrogen and oxygen atoms in total. The third-order valence-corrected chi connectivity index (χ3v) is 3.72. The number of hydrogen-bond donors (Lipinski definition) is 0. The van der Waals surface area contributed by atoms with Gasteiger partial charge in [-0.05, 0) is 12.1 Å². The van der Waals surface area contributed by atoms with Gasteiger partial charge in [0.15, 0.2) is 0 Å². The van der Waals surface area contributed by atoms with E-state index in [-0.39, 0.29) is 23.8 Å². The highest BCUT2D eigenvalue weighted by atomic mass is 16.2. The van der Waals surface area contributed by atoms with Gasteiger partial charge in [0.2, 0.25) is 5.91 Å². The van der Waals surface area contributed by atoms with Crippen LogP contribution in [-0.4, -0.2) is 39.2 Å². The van der Waals surface area contributed by atoms with Gasteiger partial charge in [-0.3, -0.25) is 19.0 Å². The summed E-state index contributed by atoms with van der Waals surface area (Å²) >= 11 is 0. The Morgan fingerprint density at radius 3 is 2.62 bits per heavy atom. The Labute approximate surface area is 121 Å². The van der Waals surface area contributed by atoms with Gasteiger partial charge in [-0.15, -0.1) is 0 Å². The quantitative estimate of drug-likeness (QED) is 0.809. The summed E-state index contributed by atoms with van der Waals surface area (Å²) in [4.78, 5) is 41.2. The van der Waals surface area contributed by atoms with E-state index in [2.05, 4.69) is 4.98 Å². The highest BCUT2D eigenvalue weighted by Gasteiger charge is 2.21. The Bertz CT molecular complexity index is 756. The Balaban J connectivity index is 1.88. The van der Waals surface area contributed by atoms with Crippen molar-refractivity contribution in [3.05, 3.63) is 40.8 Å². The number of amides is 1. The molecule has 1 aromatic carbocycles. The minimum absolute atomic E-state index is 0.0178. The highest BCUT2D eigenvalue weighted by Crippen LogP contribution is 2.10. The van der Waals surface area contributed by atoms with Gasteiger partial charge < -0.3 is 4.90 Å². The number of Topliss-reactive ketones (excluding diaryl/α,β-unsaturated/α-hetero) is 1. The molecule has 3 rings (SSSR count). The Kier molecular flexibility index (Phi) is 3.51. The minimum atomic E-state index is -0.296. The molecule has 0 saturated carbocycles. The summed E-state index contributed by atoms with van der Waals surface area (Å²) in [5, 5.41) is 0. The van der Waals surface area contributed by atoms with Crippen LogP contribution in [0.3, 0.4) is 0 Å². The van der Waals surface area contributed by atoms with E-state index in [1.54, 1.807) is 17.0 Å². The Hall–Kier alpha value is -2.50. The van der Waals surface area contributed by atoms with Gasteiger partial charge in [0, 0.05) is 25.9 Å². The zero-order valence-electron chi connectivity index (χ0n) is 11.5. The molecule has 0 bridgehead atoms. The van der Waals surface area contributed by atoms with Crippen molar-refractivity contribution in [3.8, 4) is 0 Å². The third-order valence-electron chi connectivity index (χ3n) is 3.72. The van der Waals surface area contributed by atoms with Crippen molar-refractivity contribution < 1.29 is 9.59 Å². The Morgan fingerprint density at radius 2 is 1.86 bits per heavy atom. The van der Waals surface area contributed by atoms with Crippen molar-refractivity contribution in [2.24, 2.45) is 0 Å². The number of para-hydroxylation sites is 2. The van der Waals surface area contributed by atoms with E-state index in [1.165, 1.54) is 10.8 Å². The fraction of sp³-hybridized carbons (Fsp3) is 0.333. The van der Waals surface area contributed by atoms with Crippen molar-refractivity contribution in [1.82, 2.24) is 14.5 Å². The fourth-order valence-corrected chi connectivity index (χ4v) is 2.52. The molecular weight excluding hydrogens is 270 g/mol. The average Bonchev–Trinajstić information content (AvgIpc) is 2.51. The lowest BCUT2D eigenvalue weighted by atomic mass is 10.1. The maximum absolute atomic E-state index is 12.3. The van der Waals surface area contributed by atoms with Crippen LogP contribution in [0.4, 0.5) is 0 Å². The standard InChI is InChI=1S/C15H15N3O3/c19-11-5-7-17(8-6-11)15(21)10-18-13-4-2-1-3-12(13)16-9-14(18)20/h1-4,9H,5-8,10H2. The number of nitrogens with zero attached hydrogens (tertiary/aromatic N) is 3. The molecule has 0 atom stereocenters. The Morgan fingerprint density at radius 1 is 1.14 bits per heavy atom. The largest absolute Gasteiger partial charge is 0.340 e. The van der Waals surface area contributed by atoms with Crippen molar-refractivity contribution >= 4 is 22.7 Å². The molecule has 0 spiro atoms. The topological polar surface area (TPSA) is 72.3 Å². The summed E-state index contributed by atoms with van der Waals surface area (Å²) < 4.78 is 1.43. The summed E-state index contributed by atoms with van der Waals surface area (Å²) in [6.07, 6.45) is 2.03. The molecule has 1 aliphatic heterocycles. The van der Waals surface area contributed by atoms with E-state index in [0.29, 0.717) is 37.0 Å². The third kappa shape index (κ3) is 2.69. The van der Waals surface area contributed by atoms with Crippen LogP contribution < -0.4 is 5.56 Å². The molecule has 1 amide bonds. The number of likely N-dealkylation sites (tertiary alicyclic amines) is 1. The number of piperidine rings is 1. The molecular formula is C15H15N3O3.